The molecule has 31 heavy (non-hydrogen) atoms. The van der Waals surface area contributed by atoms with E-state index in [1.165, 1.54) is 17.5 Å². The van der Waals surface area contributed by atoms with Crippen molar-refractivity contribution in [3.8, 4) is 5.75 Å². The van der Waals surface area contributed by atoms with Gasteiger partial charge in [0.1, 0.15) is 5.75 Å². The Kier molecular flexibility index (Phi) is 7.53. The number of ether oxygens (including phenoxy) is 2. The summed E-state index contributed by atoms with van der Waals surface area (Å²) < 4.78 is 38.3. The minimum absolute atomic E-state index is 0.139. The third-order valence-corrected chi connectivity index (χ3v) is 7.17. The third kappa shape index (κ3) is 5.00. The molecule has 1 aliphatic heterocycles. The van der Waals surface area contributed by atoms with Crippen molar-refractivity contribution in [2.75, 3.05) is 56.7 Å². The third-order valence-electron chi connectivity index (χ3n) is 5.28. The van der Waals surface area contributed by atoms with Crippen LogP contribution in [0.1, 0.15) is 24.2 Å². The molecule has 8 nitrogen and oxygen atoms in total. The van der Waals surface area contributed by atoms with Gasteiger partial charge >= 0.3 is 0 Å². The van der Waals surface area contributed by atoms with Crippen molar-refractivity contribution in [3.05, 3.63) is 48.0 Å². The van der Waals surface area contributed by atoms with Crippen LogP contribution in [0.5, 0.6) is 5.75 Å². The molecule has 0 bridgehead atoms. The number of nitrogens with zero attached hydrogens (tertiary/aromatic N) is 2. The van der Waals surface area contributed by atoms with Gasteiger partial charge in [-0.2, -0.15) is 4.31 Å². The van der Waals surface area contributed by atoms with E-state index >= 15 is 0 Å². The molecule has 9 heteroatoms. The number of para-hydroxylation sites is 1. The van der Waals surface area contributed by atoms with Gasteiger partial charge in [-0.3, -0.25) is 4.79 Å². The monoisotopic (exact) mass is 447 g/mol. The molecule has 0 spiro atoms. The summed E-state index contributed by atoms with van der Waals surface area (Å²) in [5, 5.41) is 2.90. The summed E-state index contributed by atoms with van der Waals surface area (Å²) in [7, 11) is -2.19. The Morgan fingerprint density at radius 2 is 1.81 bits per heavy atom. The predicted molar refractivity (Wildman–Crippen MR) is 121 cm³/mol. The normalized spacial score (nSPS) is 14.8. The van der Waals surface area contributed by atoms with Crippen LogP contribution in [0.4, 0.5) is 11.4 Å². The molecule has 0 saturated carbocycles. The van der Waals surface area contributed by atoms with E-state index in [9.17, 15) is 13.2 Å². The number of hydrogen-bond donors (Lipinski definition) is 1. The number of anilines is 2. The lowest BCUT2D eigenvalue weighted by atomic mass is 10.1. The molecule has 0 aromatic heterocycles. The fourth-order valence-corrected chi connectivity index (χ4v) is 5.01. The van der Waals surface area contributed by atoms with Crippen molar-refractivity contribution < 1.29 is 22.7 Å². The average molecular weight is 448 g/mol. The first-order chi connectivity index (χ1) is 14.9. The highest BCUT2D eigenvalue weighted by Crippen LogP contribution is 2.31. The lowest BCUT2D eigenvalue weighted by molar-refractivity contribution is 0.0730. The summed E-state index contributed by atoms with van der Waals surface area (Å²) in [6, 6.07) is 11.8. The molecule has 2 aromatic carbocycles. The molecule has 1 aliphatic rings. The highest BCUT2D eigenvalue weighted by Gasteiger charge is 2.28. The van der Waals surface area contributed by atoms with E-state index in [2.05, 4.69) is 10.2 Å². The molecule has 2 aromatic rings. The second kappa shape index (κ2) is 10.1. The zero-order valence-electron chi connectivity index (χ0n) is 18.1. The fraction of sp³-hybridized carbons (Fsp3) is 0.409. The van der Waals surface area contributed by atoms with Crippen molar-refractivity contribution in [2.24, 2.45) is 0 Å². The second-order valence-electron chi connectivity index (χ2n) is 7.02. The zero-order valence-corrected chi connectivity index (χ0v) is 18.9. The van der Waals surface area contributed by atoms with E-state index in [-0.39, 0.29) is 10.8 Å². The van der Waals surface area contributed by atoms with Gasteiger partial charge in [0, 0.05) is 26.2 Å². The first-order valence-electron chi connectivity index (χ1n) is 10.3. The van der Waals surface area contributed by atoms with Crippen molar-refractivity contribution >= 4 is 27.3 Å². The Morgan fingerprint density at radius 1 is 1.13 bits per heavy atom. The highest BCUT2D eigenvalue weighted by atomic mass is 32.2. The van der Waals surface area contributed by atoms with E-state index in [1.807, 2.05) is 13.8 Å². The quantitative estimate of drug-likeness (QED) is 0.670. The molecule has 1 saturated heterocycles. The molecular formula is C22H29N3O5S. The van der Waals surface area contributed by atoms with Crippen molar-refractivity contribution in [2.45, 2.75) is 18.7 Å². The van der Waals surface area contributed by atoms with Crippen LogP contribution < -0.4 is 15.0 Å². The van der Waals surface area contributed by atoms with Crippen LogP contribution >= 0.6 is 0 Å². The molecule has 0 atom stereocenters. The van der Waals surface area contributed by atoms with Gasteiger partial charge in [0.15, 0.2) is 0 Å². The number of nitrogens with one attached hydrogen (secondary N) is 1. The number of hydrogen-bond acceptors (Lipinski definition) is 6. The smallest absolute Gasteiger partial charge is 0.259 e. The fourth-order valence-electron chi connectivity index (χ4n) is 3.57. The summed E-state index contributed by atoms with van der Waals surface area (Å²) in [6.07, 6.45) is 0. The summed E-state index contributed by atoms with van der Waals surface area (Å²) in [5.41, 5.74) is 1.57. The summed E-state index contributed by atoms with van der Waals surface area (Å²) in [5.74, 6) is 0.0771. The number of morpholine rings is 1. The largest absolute Gasteiger partial charge is 0.496 e. The van der Waals surface area contributed by atoms with Gasteiger partial charge in [0.25, 0.3) is 5.91 Å². The number of amides is 1. The maximum absolute atomic E-state index is 13.1. The van der Waals surface area contributed by atoms with Crippen LogP contribution in [-0.4, -0.2) is 65.1 Å². The minimum Gasteiger partial charge on any atom is -0.496 e. The van der Waals surface area contributed by atoms with Crippen LogP contribution in [-0.2, 0) is 14.8 Å². The molecule has 0 unspecified atom stereocenters. The van der Waals surface area contributed by atoms with E-state index in [4.69, 9.17) is 9.47 Å². The Labute approximate surface area is 183 Å². The summed E-state index contributed by atoms with van der Waals surface area (Å²) in [6.45, 7) is 6.79. The number of rotatable bonds is 8. The van der Waals surface area contributed by atoms with Gasteiger partial charge in [-0.1, -0.05) is 12.1 Å². The number of carbonyl (C=O) groups excluding carboxylic acids is 1. The Morgan fingerprint density at radius 3 is 2.45 bits per heavy atom. The van der Waals surface area contributed by atoms with Crippen LogP contribution in [0.2, 0.25) is 0 Å². The Hall–Kier alpha value is -2.62. The van der Waals surface area contributed by atoms with E-state index in [0.29, 0.717) is 56.4 Å². The maximum atomic E-state index is 13.1. The predicted octanol–water partition coefficient (Wildman–Crippen LogP) is 2.81. The number of benzene rings is 2. The van der Waals surface area contributed by atoms with Crippen molar-refractivity contribution in [1.29, 1.82) is 0 Å². The summed E-state index contributed by atoms with van der Waals surface area (Å²) in [4.78, 5) is 15.2. The van der Waals surface area contributed by atoms with E-state index < -0.39 is 10.0 Å². The number of carbonyl (C=O) groups is 1. The standard InChI is InChI=1S/C22H29N3O5S/c1-4-24(5-2)20-11-10-17(31(27,28)25-12-14-30-15-13-25)16-19(20)23-22(26)18-8-6-7-9-21(18)29-3/h6-11,16H,4-5,12-15H2,1-3H3,(H,23,26). The molecule has 3 rings (SSSR count). The lowest BCUT2D eigenvalue weighted by Gasteiger charge is -2.28. The van der Waals surface area contributed by atoms with Crippen LogP contribution in [0.3, 0.4) is 0 Å². The summed E-state index contributed by atoms with van der Waals surface area (Å²) >= 11 is 0. The Bertz CT molecular complexity index is 1020. The molecule has 1 N–H and O–H groups in total. The van der Waals surface area contributed by atoms with Crippen LogP contribution in [0.15, 0.2) is 47.4 Å². The molecule has 1 fully saturated rings. The van der Waals surface area contributed by atoms with Gasteiger partial charge in [0.05, 0.1) is 42.2 Å². The number of sulfonamides is 1. The Balaban J connectivity index is 2.01. The van der Waals surface area contributed by atoms with Gasteiger partial charge < -0.3 is 19.7 Å². The number of methoxy groups -OCH3 is 1. The van der Waals surface area contributed by atoms with Crippen LogP contribution in [0, 0.1) is 0 Å². The molecule has 1 heterocycles. The zero-order chi connectivity index (χ0) is 22.4. The first-order valence-corrected chi connectivity index (χ1v) is 11.8. The topological polar surface area (TPSA) is 88.2 Å². The van der Waals surface area contributed by atoms with E-state index in [0.717, 1.165) is 5.69 Å². The molecule has 1 amide bonds. The van der Waals surface area contributed by atoms with Gasteiger partial charge in [0.2, 0.25) is 10.0 Å². The molecule has 168 valence electrons. The average Bonchev–Trinajstić information content (AvgIpc) is 2.81. The molecule has 0 aliphatic carbocycles. The van der Waals surface area contributed by atoms with Crippen molar-refractivity contribution in [3.63, 3.8) is 0 Å². The maximum Gasteiger partial charge on any atom is 0.259 e. The first kappa shape index (κ1) is 23.1. The molecular weight excluding hydrogens is 418 g/mol. The van der Waals surface area contributed by atoms with Gasteiger partial charge in [-0.05, 0) is 44.2 Å². The SMILES string of the molecule is CCN(CC)c1ccc(S(=O)(=O)N2CCOCC2)cc1NC(=O)c1ccccc1OC. The van der Waals surface area contributed by atoms with Gasteiger partial charge in [-0.25, -0.2) is 8.42 Å². The second-order valence-corrected chi connectivity index (χ2v) is 8.96. The van der Waals surface area contributed by atoms with Gasteiger partial charge in [-0.15, -0.1) is 0 Å². The lowest BCUT2D eigenvalue weighted by Crippen LogP contribution is -2.40. The van der Waals surface area contributed by atoms with E-state index in [1.54, 1.807) is 36.4 Å². The van der Waals surface area contributed by atoms with Crippen molar-refractivity contribution in [1.82, 2.24) is 4.31 Å². The van der Waals surface area contributed by atoms with Crippen LogP contribution in [0.25, 0.3) is 0 Å². The molecule has 0 radical (unpaired) electrons. The minimum atomic E-state index is -3.69. The highest BCUT2D eigenvalue weighted by molar-refractivity contribution is 7.89.